The van der Waals surface area contributed by atoms with Gasteiger partial charge in [-0.25, -0.2) is 5.43 Å². The van der Waals surface area contributed by atoms with Gasteiger partial charge in [-0.1, -0.05) is 24.3 Å². The van der Waals surface area contributed by atoms with E-state index in [0.29, 0.717) is 5.56 Å². The van der Waals surface area contributed by atoms with E-state index in [1.807, 2.05) is 30.3 Å². The average Bonchev–Trinajstić information content (AvgIpc) is 2.48. The molecule has 0 amide bonds. The minimum absolute atomic E-state index is 0.285. The van der Waals surface area contributed by atoms with E-state index in [0.717, 1.165) is 11.8 Å². The fourth-order valence-electron chi connectivity index (χ4n) is 1.75. The van der Waals surface area contributed by atoms with Crippen molar-refractivity contribution in [1.29, 1.82) is 0 Å². The molecule has 0 heterocycles. The molecule has 2 rings (SSSR count). The number of para-hydroxylation sites is 1. The molecule has 0 aromatic heterocycles. The van der Waals surface area contributed by atoms with Gasteiger partial charge in [0.15, 0.2) is 0 Å². The third kappa shape index (κ3) is 3.74. The topological polar surface area (TPSA) is 110 Å². The molecule has 21 heavy (non-hydrogen) atoms. The Labute approximate surface area is 119 Å². The molecule has 0 fully saturated rings. The highest BCUT2D eigenvalue weighted by Crippen LogP contribution is 2.27. The van der Waals surface area contributed by atoms with Crippen LogP contribution in [0.15, 0.2) is 48.5 Å². The third-order valence-corrected chi connectivity index (χ3v) is 2.73. The summed E-state index contributed by atoms with van der Waals surface area (Å²) in [5, 5.41) is 21.5. The van der Waals surface area contributed by atoms with Crippen molar-refractivity contribution in [3.05, 3.63) is 74.3 Å². The third-order valence-electron chi connectivity index (χ3n) is 2.73. The van der Waals surface area contributed by atoms with Crippen molar-refractivity contribution >= 4 is 17.1 Å². The van der Waals surface area contributed by atoms with E-state index < -0.39 is 21.2 Å². The quantitative estimate of drug-likeness (QED) is 0.624. The largest absolute Gasteiger partial charge is 0.346 e. The van der Waals surface area contributed by atoms with Crippen LogP contribution in [0.25, 0.3) is 0 Å². The van der Waals surface area contributed by atoms with Gasteiger partial charge in [0.1, 0.15) is 0 Å². The maximum Gasteiger partial charge on any atom is 0.346 e. The van der Waals surface area contributed by atoms with Gasteiger partial charge in [0.05, 0.1) is 9.85 Å². The maximum atomic E-state index is 10.8. The summed E-state index contributed by atoms with van der Waals surface area (Å²) >= 11 is 0. The Morgan fingerprint density at radius 2 is 1.57 bits per heavy atom. The maximum absolute atomic E-state index is 10.8. The molecular weight excluding hydrogens is 276 g/mol. The second kappa shape index (κ2) is 6.44. The normalized spacial score (nSPS) is 10.1. The van der Waals surface area contributed by atoms with Gasteiger partial charge < -0.3 is 5.43 Å². The number of nitro groups is 2. The van der Waals surface area contributed by atoms with Crippen LogP contribution in [0.4, 0.5) is 17.1 Å². The second-order valence-corrected chi connectivity index (χ2v) is 4.18. The predicted molar refractivity (Wildman–Crippen MR) is 76.7 cm³/mol. The summed E-state index contributed by atoms with van der Waals surface area (Å²) in [4.78, 5) is 20.0. The molecule has 0 aliphatic rings. The lowest BCUT2D eigenvalue weighted by Crippen LogP contribution is -2.20. The van der Waals surface area contributed by atoms with Crippen LogP contribution >= 0.6 is 0 Å². The number of hydrogen-bond acceptors (Lipinski definition) is 6. The number of benzene rings is 2. The van der Waals surface area contributed by atoms with Crippen molar-refractivity contribution in [1.82, 2.24) is 5.43 Å². The van der Waals surface area contributed by atoms with Crippen molar-refractivity contribution in [3.63, 3.8) is 0 Å². The molecule has 0 bridgehead atoms. The summed E-state index contributed by atoms with van der Waals surface area (Å²) in [7, 11) is 0. The van der Waals surface area contributed by atoms with Gasteiger partial charge in [-0.15, -0.1) is 0 Å². The highest BCUT2D eigenvalue weighted by atomic mass is 16.6. The summed E-state index contributed by atoms with van der Waals surface area (Å²) in [5.41, 5.74) is 6.19. The number of hydrazine groups is 1. The van der Waals surface area contributed by atoms with E-state index in [4.69, 9.17) is 0 Å². The van der Waals surface area contributed by atoms with Crippen LogP contribution < -0.4 is 10.9 Å². The Kier molecular flexibility index (Phi) is 4.42. The molecule has 8 heteroatoms. The van der Waals surface area contributed by atoms with Gasteiger partial charge in [-0.2, -0.15) is 0 Å². The molecule has 0 aliphatic carbocycles. The number of rotatable bonds is 6. The molecule has 0 saturated carbocycles. The first-order chi connectivity index (χ1) is 10.1. The molecule has 108 valence electrons. The molecule has 2 aromatic rings. The summed E-state index contributed by atoms with van der Waals surface area (Å²) in [5.74, 6) is 0. The van der Waals surface area contributed by atoms with Gasteiger partial charge in [0.2, 0.25) is 0 Å². The number of hydrogen-bond donors (Lipinski definition) is 2. The van der Waals surface area contributed by atoms with Crippen LogP contribution in [-0.2, 0) is 6.54 Å². The molecule has 0 aliphatic heterocycles. The molecule has 2 aromatic carbocycles. The first-order valence-corrected chi connectivity index (χ1v) is 6.03. The van der Waals surface area contributed by atoms with Gasteiger partial charge >= 0.3 is 11.4 Å². The minimum atomic E-state index is -0.766. The van der Waals surface area contributed by atoms with Crippen molar-refractivity contribution in [2.75, 3.05) is 5.43 Å². The van der Waals surface area contributed by atoms with Gasteiger partial charge in [0.25, 0.3) is 0 Å². The fraction of sp³-hybridized carbons (Fsp3) is 0.0769. The van der Waals surface area contributed by atoms with E-state index in [1.54, 1.807) is 0 Å². The number of nitrogens with zero attached hydrogens (tertiary/aromatic N) is 2. The minimum Gasteiger partial charge on any atom is -0.321 e. The smallest absolute Gasteiger partial charge is 0.321 e. The summed E-state index contributed by atoms with van der Waals surface area (Å²) in [6.07, 6.45) is 0. The Hall–Kier alpha value is -3.00. The lowest BCUT2D eigenvalue weighted by Gasteiger charge is -2.08. The SMILES string of the molecule is O=[N+]([O-])c1ccc(CNNc2ccccc2)cc1[N+](=O)[O-]. The number of nitro benzene ring substituents is 2. The van der Waals surface area contributed by atoms with Gasteiger partial charge in [-0.05, 0) is 17.7 Å². The fourth-order valence-corrected chi connectivity index (χ4v) is 1.75. The number of anilines is 1. The predicted octanol–water partition coefficient (Wildman–Crippen LogP) is 2.62. The van der Waals surface area contributed by atoms with Crippen molar-refractivity contribution in [2.24, 2.45) is 0 Å². The first-order valence-electron chi connectivity index (χ1n) is 6.03. The second-order valence-electron chi connectivity index (χ2n) is 4.18. The molecule has 0 unspecified atom stereocenters. The molecule has 0 spiro atoms. The van der Waals surface area contributed by atoms with E-state index in [1.165, 1.54) is 12.1 Å². The zero-order chi connectivity index (χ0) is 15.2. The van der Waals surface area contributed by atoms with Crippen molar-refractivity contribution in [2.45, 2.75) is 6.54 Å². The summed E-state index contributed by atoms with van der Waals surface area (Å²) in [6.45, 7) is 0.285. The van der Waals surface area contributed by atoms with E-state index in [-0.39, 0.29) is 6.54 Å². The monoisotopic (exact) mass is 288 g/mol. The molecule has 8 nitrogen and oxygen atoms in total. The Morgan fingerprint density at radius 3 is 2.19 bits per heavy atom. The van der Waals surface area contributed by atoms with E-state index >= 15 is 0 Å². The molecule has 0 radical (unpaired) electrons. The highest BCUT2D eigenvalue weighted by molar-refractivity contribution is 5.54. The van der Waals surface area contributed by atoms with Gasteiger partial charge in [-0.3, -0.25) is 20.2 Å². The van der Waals surface area contributed by atoms with Crippen LogP contribution in [0.1, 0.15) is 5.56 Å². The van der Waals surface area contributed by atoms with Crippen LogP contribution in [0.2, 0.25) is 0 Å². The van der Waals surface area contributed by atoms with Crippen LogP contribution in [-0.4, -0.2) is 9.85 Å². The Balaban J connectivity index is 2.05. The molecule has 0 atom stereocenters. The zero-order valence-corrected chi connectivity index (χ0v) is 10.9. The Morgan fingerprint density at radius 1 is 0.905 bits per heavy atom. The highest BCUT2D eigenvalue weighted by Gasteiger charge is 2.23. The lowest BCUT2D eigenvalue weighted by atomic mass is 10.2. The van der Waals surface area contributed by atoms with Crippen LogP contribution in [0, 0.1) is 20.2 Å². The van der Waals surface area contributed by atoms with Crippen LogP contribution in [0.5, 0.6) is 0 Å². The van der Waals surface area contributed by atoms with Crippen molar-refractivity contribution in [3.8, 4) is 0 Å². The zero-order valence-electron chi connectivity index (χ0n) is 10.9. The summed E-state index contributed by atoms with van der Waals surface area (Å²) < 4.78 is 0. The lowest BCUT2D eigenvalue weighted by molar-refractivity contribution is -0.422. The Bertz CT molecular complexity index is 660. The number of nitrogens with one attached hydrogen (secondary N) is 2. The van der Waals surface area contributed by atoms with E-state index in [2.05, 4.69) is 10.9 Å². The van der Waals surface area contributed by atoms with Gasteiger partial charge in [0, 0.05) is 24.4 Å². The summed E-state index contributed by atoms with van der Waals surface area (Å²) in [6, 6.07) is 13.1. The average molecular weight is 288 g/mol. The first kappa shape index (κ1) is 14.4. The standard InChI is InChI=1S/C13H12N4O4/c18-16(19)12-7-6-10(8-13(12)17(20)21)9-14-15-11-4-2-1-3-5-11/h1-8,14-15H,9H2. The van der Waals surface area contributed by atoms with Crippen molar-refractivity contribution < 1.29 is 9.85 Å². The molecule has 2 N–H and O–H groups in total. The molecular formula is C13H12N4O4. The molecule has 0 saturated heterocycles. The van der Waals surface area contributed by atoms with E-state index in [9.17, 15) is 20.2 Å². The van der Waals surface area contributed by atoms with Crippen LogP contribution in [0.3, 0.4) is 0 Å².